The summed E-state index contributed by atoms with van der Waals surface area (Å²) >= 11 is 0. The van der Waals surface area contributed by atoms with E-state index in [0.29, 0.717) is 18.8 Å². The van der Waals surface area contributed by atoms with E-state index < -0.39 is 11.5 Å². The average molecular weight is 311 g/mol. The number of carbonyl (C=O) groups is 2. The van der Waals surface area contributed by atoms with Crippen molar-refractivity contribution in [1.82, 2.24) is 14.8 Å². The number of H-pyrrole nitrogens is 1. The molecular weight excluding hydrogens is 294 g/mol. The van der Waals surface area contributed by atoms with Crippen LogP contribution in [0.3, 0.4) is 0 Å². The van der Waals surface area contributed by atoms with E-state index in [1.54, 1.807) is 18.0 Å². The number of hydrogen-bond donors (Lipinski definition) is 1. The minimum Gasteiger partial charge on any atom is -0.342 e. The number of aromatic amines is 1. The maximum atomic E-state index is 12.5. The van der Waals surface area contributed by atoms with Gasteiger partial charge in [-0.2, -0.15) is 0 Å². The fourth-order valence-electron chi connectivity index (χ4n) is 2.53. The molecule has 1 aromatic carbocycles. The summed E-state index contributed by atoms with van der Waals surface area (Å²) in [5.41, 5.74) is 1.14. The molecule has 1 aromatic heterocycles. The molecule has 23 heavy (non-hydrogen) atoms. The molecule has 2 aromatic rings. The van der Waals surface area contributed by atoms with Crippen molar-refractivity contribution >= 4 is 11.8 Å². The van der Waals surface area contributed by atoms with E-state index in [1.165, 1.54) is 11.0 Å². The molecule has 0 spiro atoms. The van der Waals surface area contributed by atoms with Crippen molar-refractivity contribution in [1.29, 1.82) is 0 Å². The van der Waals surface area contributed by atoms with Gasteiger partial charge in [0.15, 0.2) is 0 Å². The van der Waals surface area contributed by atoms with Gasteiger partial charge in [0.25, 0.3) is 11.5 Å². The normalized spacial score (nSPS) is 14.9. The largest absolute Gasteiger partial charge is 0.342 e. The van der Waals surface area contributed by atoms with Crippen LogP contribution in [-0.4, -0.2) is 53.3 Å². The second kappa shape index (κ2) is 6.08. The minimum absolute atomic E-state index is 0.00914. The van der Waals surface area contributed by atoms with Crippen molar-refractivity contribution in [2.45, 2.75) is 0 Å². The molecule has 1 fully saturated rings. The van der Waals surface area contributed by atoms with Gasteiger partial charge in [0, 0.05) is 25.8 Å². The average Bonchev–Trinajstić information content (AvgIpc) is 2.57. The molecule has 0 aliphatic carbocycles. The zero-order valence-corrected chi connectivity index (χ0v) is 12.8. The topological polar surface area (TPSA) is 73.5 Å². The Morgan fingerprint density at radius 2 is 1.78 bits per heavy atom. The van der Waals surface area contributed by atoms with Crippen molar-refractivity contribution in [3.05, 3.63) is 58.4 Å². The Kier molecular flexibility index (Phi) is 3.97. The molecule has 1 aliphatic rings. The molecule has 2 amide bonds. The van der Waals surface area contributed by atoms with E-state index in [2.05, 4.69) is 4.98 Å². The third-order valence-corrected chi connectivity index (χ3v) is 3.97. The molecule has 0 radical (unpaired) electrons. The molecule has 0 bridgehead atoms. The van der Waals surface area contributed by atoms with Gasteiger partial charge in [0.1, 0.15) is 12.1 Å². The third kappa shape index (κ3) is 3.01. The van der Waals surface area contributed by atoms with E-state index in [0.717, 1.165) is 5.56 Å². The Morgan fingerprint density at radius 3 is 2.43 bits per heavy atom. The first-order chi connectivity index (χ1) is 11.1. The van der Waals surface area contributed by atoms with Crippen molar-refractivity contribution in [2.24, 2.45) is 0 Å². The zero-order chi connectivity index (χ0) is 16.4. The predicted molar refractivity (Wildman–Crippen MR) is 86.0 cm³/mol. The number of rotatable bonds is 2. The first-order valence-corrected chi connectivity index (χ1v) is 7.38. The summed E-state index contributed by atoms with van der Waals surface area (Å²) in [7, 11) is 1.70. The van der Waals surface area contributed by atoms with Gasteiger partial charge in [0.05, 0.1) is 0 Å². The van der Waals surface area contributed by atoms with Gasteiger partial charge in [-0.3, -0.25) is 14.4 Å². The monoisotopic (exact) mass is 311 g/mol. The highest BCUT2D eigenvalue weighted by Gasteiger charge is 2.26. The second-order valence-electron chi connectivity index (χ2n) is 5.52. The van der Waals surface area contributed by atoms with Gasteiger partial charge in [-0.05, 0) is 17.7 Å². The van der Waals surface area contributed by atoms with Gasteiger partial charge < -0.3 is 14.8 Å². The number of amides is 2. The van der Waals surface area contributed by atoms with Crippen molar-refractivity contribution in [3.63, 3.8) is 0 Å². The Balaban J connectivity index is 1.85. The molecule has 1 aliphatic heterocycles. The Labute approximate surface area is 133 Å². The number of likely N-dealkylation sites (N-methyl/N-ethyl adjacent to an activating group) is 1. The summed E-state index contributed by atoms with van der Waals surface area (Å²) in [6, 6.07) is 12.6. The first kappa shape index (κ1) is 15.0. The molecular formula is C17H17N3O3. The molecule has 118 valence electrons. The SMILES string of the molecule is CN1CCN(C(=O)c2ccc(-c3ccccc3)[nH]c2=O)CC1=O. The quantitative estimate of drug-likeness (QED) is 0.897. The summed E-state index contributed by atoms with van der Waals surface area (Å²) in [6.45, 7) is 0.917. The molecule has 3 rings (SSSR count). The highest BCUT2D eigenvalue weighted by molar-refractivity contribution is 5.96. The highest BCUT2D eigenvalue weighted by atomic mass is 16.2. The Hall–Kier alpha value is -2.89. The number of piperazine rings is 1. The Morgan fingerprint density at radius 1 is 1.04 bits per heavy atom. The summed E-state index contributed by atoms with van der Waals surface area (Å²) < 4.78 is 0. The van der Waals surface area contributed by atoms with Crippen LogP contribution in [0.5, 0.6) is 0 Å². The molecule has 0 unspecified atom stereocenters. The van der Waals surface area contributed by atoms with Crippen LogP contribution in [0.1, 0.15) is 10.4 Å². The number of nitrogens with one attached hydrogen (secondary N) is 1. The molecule has 1 saturated heterocycles. The summed E-state index contributed by atoms with van der Waals surface area (Å²) in [4.78, 5) is 42.1. The van der Waals surface area contributed by atoms with Crippen LogP contribution in [0, 0.1) is 0 Å². The van der Waals surface area contributed by atoms with Gasteiger partial charge in [-0.25, -0.2) is 0 Å². The smallest absolute Gasteiger partial charge is 0.261 e. The van der Waals surface area contributed by atoms with Crippen molar-refractivity contribution in [2.75, 3.05) is 26.7 Å². The zero-order valence-electron chi connectivity index (χ0n) is 12.8. The van der Waals surface area contributed by atoms with Crippen LogP contribution < -0.4 is 5.56 Å². The maximum Gasteiger partial charge on any atom is 0.261 e. The van der Waals surface area contributed by atoms with Crippen LogP contribution in [0.25, 0.3) is 11.3 Å². The van der Waals surface area contributed by atoms with Crippen molar-refractivity contribution in [3.8, 4) is 11.3 Å². The van der Waals surface area contributed by atoms with E-state index in [9.17, 15) is 14.4 Å². The number of pyridine rings is 1. The fourth-order valence-corrected chi connectivity index (χ4v) is 2.53. The van der Waals surface area contributed by atoms with Crippen molar-refractivity contribution < 1.29 is 9.59 Å². The van der Waals surface area contributed by atoms with Crippen LogP contribution in [0.2, 0.25) is 0 Å². The summed E-state index contributed by atoms with van der Waals surface area (Å²) in [6.07, 6.45) is 0. The van der Waals surface area contributed by atoms with Crippen LogP contribution >= 0.6 is 0 Å². The number of hydrogen-bond acceptors (Lipinski definition) is 3. The third-order valence-electron chi connectivity index (χ3n) is 3.97. The molecule has 6 heteroatoms. The second-order valence-corrected chi connectivity index (χ2v) is 5.52. The summed E-state index contributed by atoms with van der Waals surface area (Å²) in [5, 5.41) is 0. The lowest BCUT2D eigenvalue weighted by Gasteiger charge is -2.31. The first-order valence-electron chi connectivity index (χ1n) is 7.38. The Bertz CT molecular complexity index is 798. The van der Waals surface area contributed by atoms with E-state index in [1.807, 2.05) is 30.3 Å². The fraction of sp³-hybridized carbons (Fsp3) is 0.235. The summed E-state index contributed by atoms with van der Waals surface area (Å²) in [5.74, 6) is -0.533. The van der Waals surface area contributed by atoms with Crippen LogP contribution in [0.4, 0.5) is 0 Å². The van der Waals surface area contributed by atoms with Gasteiger partial charge in [-0.1, -0.05) is 30.3 Å². The van der Waals surface area contributed by atoms with E-state index in [-0.39, 0.29) is 18.0 Å². The predicted octanol–water partition coefficient (Wildman–Crippen LogP) is 0.956. The molecule has 1 N–H and O–H groups in total. The maximum absolute atomic E-state index is 12.5. The van der Waals surface area contributed by atoms with Crippen LogP contribution in [-0.2, 0) is 4.79 Å². The lowest BCUT2D eigenvalue weighted by Crippen LogP contribution is -2.51. The molecule has 0 atom stereocenters. The van der Waals surface area contributed by atoms with Gasteiger partial charge >= 0.3 is 0 Å². The molecule has 2 heterocycles. The van der Waals surface area contributed by atoms with E-state index in [4.69, 9.17) is 0 Å². The number of aromatic nitrogens is 1. The number of carbonyl (C=O) groups excluding carboxylic acids is 2. The lowest BCUT2D eigenvalue weighted by atomic mass is 10.1. The van der Waals surface area contributed by atoms with Crippen LogP contribution in [0.15, 0.2) is 47.3 Å². The lowest BCUT2D eigenvalue weighted by molar-refractivity contribution is -0.133. The van der Waals surface area contributed by atoms with Gasteiger partial charge in [0.2, 0.25) is 5.91 Å². The van der Waals surface area contributed by atoms with E-state index >= 15 is 0 Å². The standard InChI is InChI=1S/C17H17N3O3/c1-19-9-10-20(11-15(19)21)17(23)13-7-8-14(18-16(13)22)12-5-3-2-4-6-12/h2-8H,9-11H2,1H3,(H,18,22). The minimum atomic E-state index is -0.442. The molecule has 6 nitrogen and oxygen atoms in total. The number of benzene rings is 1. The number of nitrogens with zero attached hydrogens (tertiary/aromatic N) is 2. The van der Waals surface area contributed by atoms with Gasteiger partial charge in [-0.15, -0.1) is 0 Å². The highest BCUT2D eigenvalue weighted by Crippen LogP contribution is 2.15. The molecule has 0 saturated carbocycles.